The van der Waals surface area contributed by atoms with Crippen molar-refractivity contribution in [3.63, 3.8) is 0 Å². The molecule has 0 spiro atoms. The zero-order valence-electron chi connectivity index (χ0n) is 14.3. The molecular formula is C12H33O2Si4. The van der Waals surface area contributed by atoms with E-state index in [0.717, 1.165) is 0 Å². The summed E-state index contributed by atoms with van der Waals surface area (Å²) in [4.78, 5) is 0. The van der Waals surface area contributed by atoms with Crippen molar-refractivity contribution >= 4 is 33.5 Å². The van der Waals surface area contributed by atoms with Crippen LogP contribution >= 0.6 is 0 Å². The van der Waals surface area contributed by atoms with Crippen LogP contribution < -0.4 is 0 Å². The van der Waals surface area contributed by atoms with Crippen molar-refractivity contribution in [2.75, 3.05) is 14.2 Å². The van der Waals surface area contributed by atoms with E-state index in [1.165, 1.54) is 0 Å². The molecule has 0 aromatic rings. The van der Waals surface area contributed by atoms with Crippen molar-refractivity contribution in [1.82, 2.24) is 0 Å². The smallest absolute Gasteiger partial charge is 0.381 e. The molecule has 109 valence electrons. The topological polar surface area (TPSA) is 18.5 Å². The van der Waals surface area contributed by atoms with Gasteiger partial charge in [-0.05, 0) is 0 Å². The van der Waals surface area contributed by atoms with Crippen LogP contribution in [0.25, 0.3) is 0 Å². The highest BCUT2D eigenvalue weighted by atomic mass is 28.5. The fraction of sp³-hybridized carbons (Fsp3) is 1.00. The van der Waals surface area contributed by atoms with E-state index in [1.54, 1.807) is 0 Å². The standard InChI is InChI=1S/C12H33O2Si4/c1-13-15(14-2)12(16(3,4)5,17(6,7)8)18(9,10)11/h1-11H3. The van der Waals surface area contributed by atoms with Gasteiger partial charge < -0.3 is 8.85 Å². The van der Waals surface area contributed by atoms with Crippen molar-refractivity contribution < 1.29 is 8.85 Å². The van der Waals surface area contributed by atoms with E-state index < -0.39 is 33.5 Å². The highest BCUT2D eigenvalue weighted by Gasteiger charge is 2.66. The van der Waals surface area contributed by atoms with Gasteiger partial charge in [-0.15, -0.1) is 0 Å². The third kappa shape index (κ3) is 2.93. The molecule has 0 saturated heterocycles. The zero-order chi connectivity index (χ0) is 15.0. The van der Waals surface area contributed by atoms with Crippen LogP contribution in [0.15, 0.2) is 0 Å². The summed E-state index contributed by atoms with van der Waals surface area (Å²) in [5.74, 6) is 0. The SMILES string of the molecule is CO[Si](OC)C([Si](C)(C)C)([Si](C)(C)C)[Si](C)(C)C. The first kappa shape index (κ1) is 18.8. The van der Waals surface area contributed by atoms with Crippen molar-refractivity contribution in [2.24, 2.45) is 0 Å². The summed E-state index contributed by atoms with van der Waals surface area (Å²) in [6.07, 6.45) is 0. The Morgan fingerprint density at radius 1 is 0.611 bits per heavy atom. The molecule has 0 aliphatic heterocycles. The minimum absolute atomic E-state index is 0.404. The third-order valence-electron chi connectivity index (χ3n) is 4.05. The first-order valence-corrected chi connectivity index (χ1v) is 18.5. The summed E-state index contributed by atoms with van der Waals surface area (Å²) in [6.45, 7) is 22.7. The Morgan fingerprint density at radius 3 is 0.889 bits per heavy atom. The van der Waals surface area contributed by atoms with Gasteiger partial charge >= 0.3 is 9.28 Å². The van der Waals surface area contributed by atoms with Gasteiger partial charge in [0.25, 0.3) is 0 Å². The molecule has 0 amide bonds. The maximum atomic E-state index is 5.93. The van der Waals surface area contributed by atoms with E-state index in [0.29, 0.717) is 3.91 Å². The molecule has 0 aliphatic rings. The predicted molar refractivity (Wildman–Crippen MR) is 92.5 cm³/mol. The van der Waals surface area contributed by atoms with Gasteiger partial charge in [-0.25, -0.2) is 0 Å². The average molecular weight is 322 g/mol. The second kappa shape index (κ2) is 5.65. The van der Waals surface area contributed by atoms with Crippen molar-refractivity contribution in [3.8, 4) is 0 Å². The lowest BCUT2D eigenvalue weighted by atomic mass is 11.6. The van der Waals surface area contributed by atoms with E-state index >= 15 is 0 Å². The maximum absolute atomic E-state index is 5.93. The van der Waals surface area contributed by atoms with Gasteiger partial charge in [0.1, 0.15) is 0 Å². The Labute approximate surface area is 119 Å². The fourth-order valence-corrected chi connectivity index (χ4v) is 41.6. The minimum atomic E-state index is -1.39. The lowest BCUT2D eigenvalue weighted by Crippen LogP contribution is -2.73. The zero-order valence-corrected chi connectivity index (χ0v) is 18.3. The fourth-order valence-electron chi connectivity index (χ4n) is 4.68. The molecule has 0 aromatic carbocycles. The number of hydrogen-bond acceptors (Lipinski definition) is 2. The van der Waals surface area contributed by atoms with Gasteiger partial charge in [0.05, 0.1) is 0 Å². The first-order chi connectivity index (χ1) is 7.77. The Morgan fingerprint density at radius 2 is 0.833 bits per heavy atom. The van der Waals surface area contributed by atoms with Crippen LogP contribution in [0, 0.1) is 0 Å². The van der Waals surface area contributed by atoms with Crippen LogP contribution in [0.2, 0.25) is 62.8 Å². The molecule has 6 heteroatoms. The molecule has 0 bridgehead atoms. The van der Waals surface area contributed by atoms with Gasteiger partial charge in [0.15, 0.2) is 0 Å². The average Bonchev–Trinajstić information content (AvgIpc) is 2.06. The van der Waals surface area contributed by atoms with E-state index in [9.17, 15) is 0 Å². The monoisotopic (exact) mass is 321 g/mol. The third-order valence-corrected chi connectivity index (χ3v) is 34.2. The van der Waals surface area contributed by atoms with E-state index in [2.05, 4.69) is 58.9 Å². The number of rotatable bonds is 6. The first-order valence-electron chi connectivity index (χ1n) is 6.72. The van der Waals surface area contributed by atoms with Crippen LogP contribution in [0.3, 0.4) is 0 Å². The van der Waals surface area contributed by atoms with E-state index in [4.69, 9.17) is 8.85 Å². The Hall–Kier alpha value is 0.788. The molecule has 1 radical (unpaired) electrons. The molecular weight excluding hydrogens is 288 g/mol. The molecule has 0 aliphatic carbocycles. The number of hydrogen-bond donors (Lipinski definition) is 0. The normalized spacial score (nSPS) is 15.3. The molecule has 0 aromatic heterocycles. The molecule has 0 unspecified atom stereocenters. The molecule has 0 heterocycles. The summed E-state index contributed by atoms with van der Waals surface area (Å²) in [6, 6.07) is 0. The lowest BCUT2D eigenvalue weighted by Gasteiger charge is -2.59. The Balaban J connectivity index is 6.25. The second-order valence-corrected chi connectivity index (χ2v) is 29.1. The van der Waals surface area contributed by atoms with Crippen molar-refractivity contribution in [1.29, 1.82) is 0 Å². The molecule has 0 saturated carbocycles. The van der Waals surface area contributed by atoms with Crippen molar-refractivity contribution in [3.05, 3.63) is 0 Å². The van der Waals surface area contributed by atoms with Gasteiger partial charge in [0, 0.05) is 42.3 Å². The minimum Gasteiger partial charge on any atom is -0.397 e. The summed E-state index contributed by atoms with van der Waals surface area (Å²) in [5, 5.41) is 0. The quantitative estimate of drug-likeness (QED) is 0.685. The second-order valence-electron chi connectivity index (χ2n) is 8.20. The lowest BCUT2D eigenvalue weighted by molar-refractivity contribution is 0.274. The molecule has 0 rings (SSSR count). The molecule has 0 N–H and O–H groups in total. The molecule has 0 fully saturated rings. The van der Waals surface area contributed by atoms with Crippen LogP contribution in [0.4, 0.5) is 0 Å². The van der Waals surface area contributed by atoms with Crippen LogP contribution in [-0.4, -0.2) is 47.7 Å². The summed E-state index contributed by atoms with van der Waals surface area (Å²) >= 11 is 0. The van der Waals surface area contributed by atoms with Gasteiger partial charge in [-0.2, -0.15) is 0 Å². The highest BCUT2D eigenvalue weighted by molar-refractivity contribution is 7.24. The molecule has 0 atom stereocenters. The molecule has 2 nitrogen and oxygen atoms in total. The van der Waals surface area contributed by atoms with Gasteiger partial charge in [-0.3, -0.25) is 0 Å². The Bertz CT molecular complexity index is 233. The summed E-state index contributed by atoms with van der Waals surface area (Å²) < 4.78 is 12.3. The van der Waals surface area contributed by atoms with Crippen molar-refractivity contribution in [2.45, 2.75) is 62.8 Å². The summed E-state index contributed by atoms with van der Waals surface area (Å²) in [7, 11) is -1.68. The van der Waals surface area contributed by atoms with Crippen LogP contribution in [0.5, 0.6) is 0 Å². The van der Waals surface area contributed by atoms with E-state index in [1.807, 2.05) is 14.2 Å². The largest absolute Gasteiger partial charge is 0.397 e. The highest BCUT2D eigenvalue weighted by Crippen LogP contribution is 2.55. The van der Waals surface area contributed by atoms with Gasteiger partial charge in [-0.1, -0.05) is 58.9 Å². The summed E-state index contributed by atoms with van der Waals surface area (Å²) in [5.41, 5.74) is 0. The van der Waals surface area contributed by atoms with Gasteiger partial charge in [0.2, 0.25) is 0 Å². The predicted octanol–water partition coefficient (Wildman–Crippen LogP) is 4.14. The van der Waals surface area contributed by atoms with Crippen LogP contribution in [0.1, 0.15) is 0 Å². The Kier molecular flexibility index (Phi) is 5.90. The van der Waals surface area contributed by atoms with Crippen LogP contribution in [-0.2, 0) is 8.85 Å². The van der Waals surface area contributed by atoms with E-state index in [-0.39, 0.29) is 0 Å². The molecule has 18 heavy (non-hydrogen) atoms. The maximum Gasteiger partial charge on any atom is 0.381 e.